The van der Waals surface area contributed by atoms with Crippen LogP contribution in [0.3, 0.4) is 0 Å². The molecule has 0 bridgehead atoms. The number of aliphatic hydroxyl groups is 2. The molecule has 4 heteroatoms. The molecule has 4 nitrogen and oxygen atoms in total. The van der Waals surface area contributed by atoms with Crippen molar-refractivity contribution in [2.24, 2.45) is 0 Å². The summed E-state index contributed by atoms with van der Waals surface area (Å²) >= 11 is 0. The van der Waals surface area contributed by atoms with Crippen LogP contribution in [0, 0.1) is 0 Å². The molecule has 0 aromatic rings. The van der Waals surface area contributed by atoms with Crippen LogP contribution < -0.4 is 5.32 Å². The van der Waals surface area contributed by atoms with Gasteiger partial charge in [0, 0.05) is 6.54 Å². The molecule has 1 rings (SSSR count). The Hall–Kier alpha value is -0.160. The Bertz CT molecular complexity index is 67.7. The van der Waals surface area contributed by atoms with Crippen LogP contribution in [-0.4, -0.2) is 35.9 Å². The Morgan fingerprint density at radius 2 is 2.25 bits per heavy atom. The minimum Gasteiger partial charge on any atom is -0.386 e. The van der Waals surface area contributed by atoms with Crippen LogP contribution in [0.15, 0.2) is 0 Å². The van der Waals surface area contributed by atoms with E-state index in [2.05, 4.69) is 10.1 Å². The van der Waals surface area contributed by atoms with Gasteiger partial charge in [-0.15, -0.1) is 0 Å². The van der Waals surface area contributed by atoms with Crippen molar-refractivity contribution >= 4 is 0 Å². The summed E-state index contributed by atoms with van der Waals surface area (Å²) in [6, 6.07) is 0. The second kappa shape index (κ2) is 2.41. The normalized spacial score (nSPS) is 39.8. The number of aliphatic hydroxyl groups excluding tert-OH is 2. The van der Waals surface area contributed by atoms with Gasteiger partial charge in [-0.25, -0.2) is 0 Å². The Balaban J connectivity index is 2.28. The molecular formula is C4H9NO3. The molecule has 1 aliphatic heterocycles. The second-order valence-electron chi connectivity index (χ2n) is 1.72. The lowest BCUT2D eigenvalue weighted by Gasteiger charge is -2.23. The first kappa shape index (κ1) is 5.97. The highest BCUT2D eigenvalue weighted by Gasteiger charge is 2.19. The quantitative estimate of drug-likeness (QED) is 0.353. The average molecular weight is 119 g/mol. The summed E-state index contributed by atoms with van der Waals surface area (Å²) in [6.07, 6.45) is -1.78. The zero-order valence-electron chi connectivity index (χ0n) is 4.37. The van der Waals surface area contributed by atoms with Gasteiger partial charge in [-0.3, -0.25) is 5.32 Å². The van der Waals surface area contributed by atoms with E-state index in [4.69, 9.17) is 10.2 Å². The molecule has 1 fully saturated rings. The lowest BCUT2D eigenvalue weighted by molar-refractivity contribution is -0.186. The standard InChI is InChI=1S/C4H9NO3/c6-3-1-5-2-8-4(3)7/h3-7H,1-2H2. The lowest BCUT2D eigenvalue weighted by Crippen LogP contribution is -2.45. The van der Waals surface area contributed by atoms with Gasteiger partial charge in [-0.1, -0.05) is 0 Å². The van der Waals surface area contributed by atoms with Crippen molar-refractivity contribution in [2.75, 3.05) is 13.3 Å². The highest BCUT2D eigenvalue weighted by atomic mass is 16.6. The van der Waals surface area contributed by atoms with Crippen molar-refractivity contribution in [3.05, 3.63) is 0 Å². The molecule has 1 saturated heterocycles. The molecule has 2 unspecified atom stereocenters. The van der Waals surface area contributed by atoms with E-state index in [1.54, 1.807) is 0 Å². The fraction of sp³-hybridized carbons (Fsp3) is 1.00. The van der Waals surface area contributed by atoms with Crippen molar-refractivity contribution in [1.29, 1.82) is 0 Å². The fourth-order valence-corrected chi connectivity index (χ4v) is 0.563. The predicted octanol–water partition coefficient (Wildman–Crippen LogP) is -1.76. The van der Waals surface area contributed by atoms with Gasteiger partial charge >= 0.3 is 0 Å². The highest BCUT2D eigenvalue weighted by Crippen LogP contribution is 1.97. The van der Waals surface area contributed by atoms with Crippen molar-refractivity contribution < 1.29 is 14.9 Å². The molecule has 2 atom stereocenters. The molecule has 0 radical (unpaired) electrons. The predicted molar refractivity (Wildman–Crippen MR) is 26.0 cm³/mol. The van der Waals surface area contributed by atoms with Crippen LogP contribution >= 0.6 is 0 Å². The van der Waals surface area contributed by atoms with E-state index in [0.717, 1.165) is 0 Å². The number of hydrogen-bond donors (Lipinski definition) is 3. The zero-order valence-corrected chi connectivity index (χ0v) is 4.37. The Morgan fingerprint density at radius 1 is 1.50 bits per heavy atom. The maximum Gasteiger partial charge on any atom is 0.183 e. The third kappa shape index (κ3) is 1.16. The van der Waals surface area contributed by atoms with Gasteiger partial charge < -0.3 is 14.9 Å². The van der Waals surface area contributed by atoms with Crippen molar-refractivity contribution in [1.82, 2.24) is 5.32 Å². The average Bonchev–Trinajstić information content (AvgIpc) is 1.77. The maximum absolute atomic E-state index is 8.74. The van der Waals surface area contributed by atoms with Crippen LogP contribution in [-0.2, 0) is 4.74 Å². The van der Waals surface area contributed by atoms with Gasteiger partial charge in [0.1, 0.15) is 6.10 Å². The first-order valence-electron chi connectivity index (χ1n) is 2.49. The van der Waals surface area contributed by atoms with E-state index in [-0.39, 0.29) is 0 Å². The second-order valence-corrected chi connectivity index (χ2v) is 1.72. The van der Waals surface area contributed by atoms with E-state index >= 15 is 0 Å². The van der Waals surface area contributed by atoms with E-state index in [0.29, 0.717) is 13.3 Å². The van der Waals surface area contributed by atoms with E-state index in [1.807, 2.05) is 0 Å². The number of hydrogen-bond acceptors (Lipinski definition) is 4. The highest BCUT2D eigenvalue weighted by molar-refractivity contribution is 4.64. The minimum absolute atomic E-state index is 0.318. The molecular weight excluding hydrogens is 110 g/mol. The topological polar surface area (TPSA) is 61.7 Å². The van der Waals surface area contributed by atoms with Crippen molar-refractivity contribution in [2.45, 2.75) is 12.4 Å². The third-order valence-electron chi connectivity index (χ3n) is 1.04. The Labute approximate surface area is 47.1 Å². The zero-order chi connectivity index (χ0) is 5.98. The molecule has 8 heavy (non-hydrogen) atoms. The van der Waals surface area contributed by atoms with Crippen LogP contribution in [0.5, 0.6) is 0 Å². The Morgan fingerprint density at radius 3 is 2.62 bits per heavy atom. The molecule has 48 valence electrons. The monoisotopic (exact) mass is 119 g/mol. The van der Waals surface area contributed by atoms with Gasteiger partial charge in [0.15, 0.2) is 6.29 Å². The number of ether oxygens (including phenoxy) is 1. The molecule has 1 aliphatic rings. The largest absolute Gasteiger partial charge is 0.386 e. The first-order chi connectivity index (χ1) is 3.80. The fourth-order valence-electron chi connectivity index (χ4n) is 0.563. The summed E-state index contributed by atoms with van der Waals surface area (Å²) in [5, 5.41) is 20.1. The van der Waals surface area contributed by atoms with Crippen LogP contribution in [0.2, 0.25) is 0 Å². The molecule has 0 aromatic heterocycles. The lowest BCUT2D eigenvalue weighted by atomic mass is 10.3. The minimum atomic E-state index is -1.00. The SMILES string of the molecule is OC1CNCOC1O. The molecule has 0 saturated carbocycles. The summed E-state index contributed by atoms with van der Waals surface area (Å²) in [6.45, 7) is 0.722. The Kier molecular flexibility index (Phi) is 1.80. The number of β-amino-alcohol motifs (C(OH)–C–C–N with tert-alkyl or cyclic N) is 1. The maximum atomic E-state index is 8.74. The van der Waals surface area contributed by atoms with Gasteiger partial charge in [0.25, 0.3) is 0 Å². The number of rotatable bonds is 0. The first-order valence-corrected chi connectivity index (χ1v) is 2.49. The molecule has 0 aliphatic carbocycles. The molecule has 0 aromatic carbocycles. The number of nitrogens with one attached hydrogen (secondary N) is 1. The van der Waals surface area contributed by atoms with E-state index in [1.165, 1.54) is 0 Å². The van der Waals surface area contributed by atoms with Gasteiger partial charge in [0.05, 0.1) is 6.73 Å². The van der Waals surface area contributed by atoms with Crippen LogP contribution in [0.4, 0.5) is 0 Å². The molecule has 0 spiro atoms. The molecule has 0 amide bonds. The van der Waals surface area contributed by atoms with Gasteiger partial charge in [-0.2, -0.15) is 0 Å². The smallest absolute Gasteiger partial charge is 0.183 e. The summed E-state index contributed by atoms with van der Waals surface area (Å²) in [4.78, 5) is 0. The van der Waals surface area contributed by atoms with Gasteiger partial charge in [-0.05, 0) is 0 Å². The summed E-state index contributed by atoms with van der Waals surface area (Å²) < 4.78 is 4.58. The summed E-state index contributed by atoms with van der Waals surface area (Å²) in [7, 11) is 0. The molecule has 1 heterocycles. The third-order valence-corrected chi connectivity index (χ3v) is 1.04. The van der Waals surface area contributed by atoms with E-state index < -0.39 is 12.4 Å². The summed E-state index contributed by atoms with van der Waals surface area (Å²) in [5.41, 5.74) is 0. The van der Waals surface area contributed by atoms with Crippen molar-refractivity contribution in [3.63, 3.8) is 0 Å². The van der Waals surface area contributed by atoms with Crippen LogP contribution in [0.25, 0.3) is 0 Å². The molecule has 3 N–H and O–H groups in total. The van der Waals surface area contributed by atoms with Crippen LogP contribution in [0.1, 0.15) is 0 Å². The van der Waals surface area contributed by atoms with E-state index in [9.17, 15) is 0 Å². The van der Waals surface area contributed by atoms with Crippen molar-refractivity contribution in [3.8, 4) is 0 Å². The summed E-state index contributed by atoms with van der Waals surface area (Å²) in [5.74, 6) is 0. The van der Waals surface area contributed by atoms with Gasteiger partial charge in [0.2, 0.25) is 0 Å².